The van der Waals surface area contributed by atoms with Crippen molar-refractivity contribution < 1.29 is 19.8 Å². The number of hydrogen-bond donors (Lipinski definition) is 2. The number of hydrogen-bond acceptors (Lipinski definition) is 2. The van der Waals surface area contributed by atoms with Crippen molar-refractivity contribution in [2.75, 3.05) is 0 Å². The summed E-state index contributed by atoms with van der Waals surface area (Å²) < 4.78 is 0. The van der Waals surface area contributed by atoms with Crippen LogP contribution in [0.3, 0.4) is 0 Å². The largest absolute Gasteiger partial charge is 0.478 e. The van der Waals surface area contributed by atoms with Crippen LogP contribution in [0.25, 0.3) is 0 Å². The van der Waals surface area contributed by atoms with E-state index in [2.05, 4.69) is 13.8 Å². The molecule has 0 spiro atoms. The summed E-state index contributed by atoms with van der Waals surface area (Å²) in [4.78, 5) is 23.1. The van der Waals surface area contributed by atoms with E-state index in [0.29, 0.717) is 12.8 Å². The molecule has 4 heteroatoms. The van der Waals surface area contributed by atoms with Gasteiger partial charge in [0.15, 0.2) is 0 Å². The topological polar surface area (TPSA) is 74.6 Å². The lowest BCUT2D eigenvalue weighted by atomic mass is 9.96. The summed E-state index contributed by atoms with van der Waals surface area (Å²) in [6.07, 6.45) is 16.2. The molecule has 152 valence electrons. The molecule has 0 fully saturated rings. The predicted molar refractivity (Wildman–Crippen MR) is 108 cm³/mol. The predicted octanol–water partition coefficient (Wildman–Crippen LogP) is 6.73. The van der Waals surface area contributed by atoms with E-state index in [0.717, 1.165) is 38.5 Å². The average Bonchev–Trinajstić information content (AvgIpc) is 2.60. The first-order valence-corrected chi connectivity index (χ1v) is 10.7. The maximum atomic E-state index is 11.5. The number of carboxylic acids is 2. The van der Waals surface area contributed by atoms with Crippen molar-refractivity contribution in [1.82, 2.24) is 0 Å². The van der Waals surface area contributed by atoms with Gasteiger partial charge in [-0.2, -0.15) is 0 Å². The monoisotopic (exact) mass is 368 g/mol. The van der Waals surface area contributed by atoms with Gasteiger partial charge in [0, 0.05) is 11.1 Å². The Morgan fingerprint density at radius 2 is 0.769 bits per heavy atom. The van der Waals surface area contributed by atoms with Crippen LogP contribution in [0, 0.1) is 0 Å². The molecule has 0 atom stereocenters. The maximum absolute atomic E-state index is 11.5. The van der Waals surface area contributed by atoms with Gasteiger partial charge in [-0.3, -0.25) is 0 Å². The molecule has 2 N–H and O–H groups in total. The first-order chi connectivity index (χ1) is 12.5. The van der Waals surface area contributed by atoms with Gasteiger partial charge in [0.25, 0.3) is 0 Å². The van der Waals surface area contributed by atoms with Gasteiger partial charge in [-0.1, -0.05) is 90.9 Å². The van der Waals surface area contributed by atoms with E-state index in [9.17, 15) is 19.8 Å². The Morgan fingerprint density at radius 3 is 1.04 bits per heavy atom. The number of unbranched alkanes of at least 4 members (excludes halogenated alkanes) is 12. The average molecular weight is 369 g/mol. The maximum Gasteiger partial charge on any atom is 0.332 e. The van der Waals surface area contributed by atoms with E-state index >= 15 is 0 Å². The second-order valence-electron chi connectivity index (χ2n) is 7.31. The van der Waals surface area contributed by atoms with Crippen LogP contribution in [-0.4, -0.2) is 22.2 Å². The second kappa shape index (κ2) is 17.1. The molecular weight excluding hydrogens is 328 g/mol. The molecule has 0 saturated carbocycles. The summed E-state index contributed by atoms with van der Waals surface area (Å²) in [5.74, 6) is -2.12. The molecule has 0 aliphatic carbocycles. The smallest absolute Gasteiger partial charge is 0.332 e. The molecule has 0 unspecified atom stereocenters. The zero-order chi connectivity index (χ0) is 19.6. The minimum absolute atomic E-state index is 0.122. The van der Waals surface area contributed by atoms with Crippen LogP contribution in [-0.2, 0) is 9.59 Å². The van der Waals surface area contributed by atoms with Crippen molar-refractivity contribution in [3.63, 3.8) is 0 Å². The van der Waals surface area contributed by atoms with Gasteiger partial charge in [-0.05, 0) is 25.7 Å². The summed E-state index contributed by atoms with van der Waals surface area (Å²) in [5, 5.41) is 18.9. The third-order valence-corrected chi connectivity index (χ3v) is 4.94. The van der Waals surface area contributed by atoms with Crippen molar-refractivity contribution in [1.29, 1.82) is 0 Å². The number of carboxylic acid groups (broad SMARTS) is 2. The molecule has 0 aromatic carbocycles. The SMILES string of the molecule is CCCCCCCCC/C(C(=O)O)=C(\CCCCCCCCC)C(=O)O. The molecule has 0 saturated heterocycles. The Bertz CT molecular complexity index is 374. The molecule has 0 bridgehead atoms. The molecule has 0 aliphatic rings. The molecule has 4 nitrogen and oxygen atoms in total. The lowest BCUT2D eigenvalue weighted by molar-refractivity contribution is -0.136. The van der Waals surface area contributed by atoms with E-state index in [-0.39, 0.29) is 11.1 Å². The van der Waals surface area contributed by atoms with Crippen LogP contribution in [0.4, 0.5) is 0 Å². The zero-order valence-corrected chi connectivity index (χ0v) is 17.0. The highest BCUT2D eigenvalue weighted by Gasteiger charge is 2.19. The van der Waals surface area contributed by atoms with E-state index in [1.54, 1.807) is 0 Å². The fourth-order valence-corrected chi connectivity index (χ4v) is 3.29. The van der Waals surface area contributed by atoms with Crippen molar-refractivity contribution in [2.24, 2.45) is 0 Å². The fraction of sp³-hybridized carbons (Fsp3) is 0.818. The first-order valence-electron chi connectivity index (χ1n) is 10.7. The summed E-state index contributed by atoms with van der Waals surface area (Å²) in [5.41, 5.74) is 0.245. The molecule has 26 heavy (non-hydrogen) atoms. The third kappa shape index (κ3) is 13.0. The van der Waals surface area contributed by atoms with Crippen molar-refractivity contribution in [3.8, 4) is 0 Å². The molecular formula is C22H40O4. The summed E-state index contributed by atoms with van der Waals surface area (Å²) >= 11 is 0. The van der Waals surface area contributed by atoms with Crippen molar-refractivity contribution in [3.05, 3.63) is 11.1 Å². The highest BCUT2D eigenvalue weighted by Crippen LogP contribution is 2.21. The molecule has 0 aliphatic heterocycles. The van der Waals surface area contributed by atoms with Gasteiger partial charge in [-0.25, -0.2) is 9.59 Å². The quantitative estimate of drug-likeness (QED) is 0.208. The van der Waals surface area contributed by atoms with Crippen LogP contribution in [0.1, 0.15) is 117 Å². The first kappa shape index (κ1) is 24.7. The number of carbonyl (C=O) groups is 2. The molecule has 0 amide bonds. The van der Waals surface area contributed by atoms with Crippen LogP contribution >= 0.6 is 0 Å². The number of aliphatic carboxylic acids is 2. The lowest BCUT2D eigenvalue weighted by Crippen LogP contribution is -2.12. The zero-order valence-electron chi connectivity index (χ0n) is 17.0. The van der Waals surface area contributed by atoms with E-state index in [1.807, 2.05) is 0 Å². The van der Waals surface area contributed by atoms with Crippen LogP contribution in [0.5, 0.6) is 0 Å². The Balaban J connectivity index is 4.34. The van der Waals surface area contributed by atoms with Gasteiger partial charge in [0.1, 0.15) is 0 Å². The Morgan fingerprint density at radius 1 is 0.500 bits per heavy atom. The number of rotatable bonds is 18. The van der Waals surface area contributed by atoms with E-state index in [1.165, 1.54) is 51.4 Å². The van der Waals surface area contributed by atoms with Crippen molar-refractivity contribution in [2.45, 2.75) is 117 Å². The minimum atomic E-state index is -1.06. The fourth-order valence-electron chi connectivity index (χ4n) is 3.29. The third-order valence-electron chi connectivity index (χ3n) is 4.94. The lowest BCUT2D eigenvalue weighted by Gasteiger charge is -2.09. The van der Waals surface area contributed by atoms with Gasteiger partial charge < -0.3 is 10.2 Å². The Hall–Kier alpha value is -1.32. The highest BCUT2D eigenvalue weighted by molar-refractivity contribution is 5.98. The Labute approximate surface area is 160 Å². The second-order valence-corrected chi connectivity index (χ2v) is 7.31. The molecule has 0 heterocycles. The van der Waals surface area contributed by atoms with Crippen LogP contribution in [0.2, 0.25) is 0 Å². The van der Waals surface area contributed by atoms with E-state index in [4.69, 9.17) is 0 Å². The molecule has 0 aromatic rings. The van der Waals surface area contributed by atoms with Gasteiger partial charge in [0.05, 0.1) is 0 Å². The summed E-state index contributed by atoms with van der Waals surface area (Å²) in [7, 11) is 0. The van der Waals surface area contributed by atoms with Crippen molar-refractivity contribution >= 4 is 11.9 Å². The summed E-state index contributed by atoms with van der Waals surface area (Å²) in [6.45, 7) is 4.37. The molecule has 0 radical (unpaired) electrons. The van der Waals surface area contributed by atoms with Gasteiger partial charge in [0.2, 0.25) is 0 Å². The van der Waals surface area contributed by atoms with Crippen LogP contribution in [0.15, 0.2) is 11.1 Å². The standard InChI is InChI=1S/C22H40O4/c1-3-5-7-9-11-13-15-17-19(21(23)24)20(22(25)26)18-16-14-12-10-8-6-4-2/h3-18H2,1-2H3,(H,23,24)(H,25,26)/b20-19-. The minimum Gasteiger partial charge on any atom is -0.478 e. The van der Waals surface area contributed by atoms with E-state index < -0.39 is 11.9 Å². The molecule has 0 rings (SSSR count). The van der Waals surface area contributed by atoms with Crippen LogP contribution < -0.4 is 0 Å². The normalized spacial score (nSPS) is 12.1. The van der Waals surface area contributed by atoms with Gasteiger partial charge in [-0.15, -0.1) is 0 Å². The Kier molecular flexibility index (Phi) is 16.2. The highest BCUT2D eigenvalue weighted by atomic mass is 16.4. The molecule has 0 aromatic heterocycles. The summed E-state index contributed by atoms with van der Waals surface area (Å²) in [6, 6.07) is 0. The van der Waals surface area contributed by atoms with Gasteiger partial charge >= 0.3 is 11.9 Å².